The number of aromatic hydroxyl groups is 1. The van der Waals surface area contributed by atoms with Crippen molar-refractivity contribution in [1.29, 1.82) is 0 Å². The fourth-order valence-corrected chi connectivity index (χ4v) is 5.66. The van der Waals surface area contributed by atoms with E-state index >= 15 is 0 Å². The molecule has 4 heterocycles. The summed E-state index contributed by atoms with van der Waals surface area (Å²) in [5.74, 6) is 0.884. The Kier molecular flexibility index (Phi) is 7.46. The number of piperazine rings is 1. The van der Waals surface area contributed by atoms with Crippen LogP contribution in [0.4, 0.5) is 5.82 Å². The highest BCUT2D eigenvalue weighted by atomic mass is 16.5. The number of rotatable bonds is 7. The minimum atomic E-state index is -0.0569. The number of carbonyl (C=O) groups excluding carboxylic acids is 1. The average molecular weight is 539 g/mol. The lowest BCUT2D eigenvalue weighted by molar-refractivity contribution is -0.126. The van der Waals surface area contributed by atoms with Crippen LogP contribution in [-0.4, -0.2) is 88.2 Å². The SMILES string of the molecule is C=CC(=O)N1CCN(c2nc(OCCN3CCCCC3)nc3cc(-c4cc(O)cc5ccccc45)ncc23)CC1. The Morgan fingerprint density at radius 2 is 1.77 bits per heavy atom. The third-order valence-corrected chi connectivity index (χ3v) is 7.82. The lowest BCUT2D eigenvalue weighted by Gasteiger charge is -2.35. The number of amides is 1. The van der Waals surface area contributed by atoms with Gasteiger partial charge in [-0.25, -0.2) is 0 Å². The van der Waals surface area contributed by atoms with E-state index in [1.54, 1.807) is 23.2 Å². The topological polar surface area (TPSA) is 94.9 Å². The van der Waals surface area contributed by atoms with Crippen molar-refractivity contribution in [3.8, 4) is 23.0 Å². The molecule has 0 radical (unpaired) electrons. The number of nitrogens with zero attached hydrogens (tertiary/aromatic N) is 6. The van der Waals surface area contributed by atoms with E-state index in [0.717, 1.165) is 52.7 Å². The molecule has 0 spiro atoms. The number of pyridine rings is 1. The van der Waals surface area contributed by atoms with Crippen molar-refractivity contribution in [2.75, 3.05) is 57.3 Å². The van der Waals surface area contributed by atoms with E-state index in [1.165, 1.54) is 25.3 Å². The third-order valence-electron chi connectivity index (χ3n) is 7.82. The van der Waals surface area contributed by atoms with Gasteiger partial charge in [0.25, 0.3) is 0 Å². The molecule has 2 aromatic carbocycles. The van der Waals surface area contributed by atoms with Crippen molar-refractivity contribution in [3.63, 3.8) is 0 Å². The summed E-state index contributed by atoms with van der Waals surface area (Å²) >= 11 is 0. The Morgan fingerprint density at radius 1 is 0.975 bits per heavy atom. The molecule has 1 N–H and O–H groups in total. The Labute approximate surface area is 233 Å². The highest BCUT2D eigenvalue weighted by Gasteiger charge is 2.24. The molecule has 2 aliphatic heterocycles. The predicted molar refractivity (Wildman–Crippen MR) is 157 cm³/mol. The number of piperidine rings is 1. The second-order valence-electron chi connectivity index (χ2n) is 10.4. The molecule has 2 saturated heterocycles. The highest BCUT2D eigenvalue weighted by molar-refractivity contribution is 5.99. The molecule has 9 nitrogen and oxygen atoms in total. The molecule has 40 heavy (non-hydrogen) atoms. The van der Waals surface area contributed by atoms with Gasteiger partial charge >= 0.3 is 6.01 Å². The Morgan fingerprint density at radius 3 is 2.58 bits per heavy atom. The summed E-state index contributed by atoms with van der Waals surface area (Å²) in [6.07, 6.45) is 6.93. The lowest BCUT2D eigenvalue weighted by Crippen LogP contribution is -2.48. The van der Waals surface area contributed by atoms with Crippen molar-refractivity contribution in [1.82, 2.24) is 24.8 Å². The molecule has 4 aromatic rings. The van der Waals surface area contributed by atoms with Crippen LogP contribution in [0.3, 0.4) is 0 Å². The number of hydrogen-bond donors (Lipinski definition) is 1. The van der Waals surface area contributed by atoms with Gasteiger partial charge in [-0.2, -0.15) is 9.97 Å². The number of ether oxygens (including phenoxy) is 1. The Hall–Kier alpha value is -4.24. The number of anilines is 1. The van der Waals surface area contributed by atoms with Gasteiger partial charge in [0.05, 0.1) is 16.6 Å². The van der Waals surface area contributed by atoms with E-state index < -0.39 is 0 Å². The first-order valence-corrected chi connectivity index (χ1v) is 14.0. The summed E-state index contributed by atoms with van der Waals surface area (Å²) in [7, 11) is 0. The van der Waals surface area contributed by atoms with Crippen LogP contribution in [0.15, 0.2) is 61.3 Å². The van der Waals surface area contributed by atoms with E-state index in [1.807, 2.05) is 30.3 Å². The molecular formula is C31H34N6O3. The Bertz CT molecular complexity index is 1540. The number of carbonyl (C=O) groups is 1. The highest BCUT2D eigenvalue weighted by Crippen LogP contribution is 2.34. The second-order valence-corrected chi connectivity index (χ2v) is 10.4. The minimum absolute atomic E-state index is 0.0569. The van der Waals surface area contributed by atoms with Crippen LogP contribution in [0.1, 0.15) is 19.3 Å². The van der Waals surface area contributed by atoms with Crippen LogP contribution in [0.5, 0.6) is 11.8 Å². The predicted octanol–water partition coefficient (Wildman–Crippen LogP) is 4.25. The van der Waals surface area contributed by atoms with Gasteiger partial charge in [0.2, 0.25) is 5.91 Å². The zero-order chi connectivity index (χ0) is 27.5. The van der Waals surface area contributed by atoms with E-state index in [9.17, 15) is 9.90 Å². The Balaban J connectivity index is 1.35. The summed E-state index contributed by atoms with van der Waals surface area (Å²) in [4.78, 5) is 32.9. The molecule has 0 atom stereocenters. The molecule has 0 unspecified atom stereocenters. The zero-order valence-electron chi connectivity index (χ0n) is 22.6. The molecule has 6 rings (SSSR count). The van der Waals surface area contributed by atoms with Crippen LogP contribution < -0.4 is 9.64 Å². The average Bonchev–Trinajstić information content (AvgIpc) is 3.00. The quantitative estimate of drug-likeness (QED) is 0.349. The van der Waals surface area contributed by atoms with Crippen molar-refractivity contribution in [2.24, 2.45) is 0 Å². The summed E-state index contributed by atoms with van der Waals surface area (Å²) in [6, 6.07) is 13.7. The molecular weight excluding hydrogens is 504 g/mol. The number of hydrogen-bond acceptors (Lipinski definition) is 8. The summed E-state index contributed by atoms with van der Waals surface area (Å²) in [5.41, 5.74) is 2.27. The number of phenols is 1. The van der Waals surface area contributed by atoms with Gasteiger partial charge in [-0.1, -0.05) is 37.3 Å². The molecule has 1 amide bonds. The molecule has 2 aliphatic rings. The number of aromatic nitrogens is 3. The van der Waals surface area contributed by atoms with Gasteiger partial charge in [0.15, 0.2) is 0 Å². The maximum atomic E-state index is 12.1. The van der Waals surface area contributed by atoms with Crippen molar-refractivity contribution in [3.05, 3.63) is 61.3 Å². The van der Waals surface area contributed by atoms with Gasteiger partial charge in [0.1, 0.15) is 18.2 Å². The molecule has 0 aliphatic carbocycles. The largest absolute Gasteiger partial charge is 0.508 e. The number of likely N-dealkylation sites (tertiary alicyclic amines) is 1. The van der Waals surface area contributed by atoms with E-state index in [-0.39, 0.29) is 11.7 Å². The first-order valence-electron chi connectivity index (χ1n) is 14.0. The molecule has 2 fully saturated rings. The second kappa shape index (κ2) is 11.5. The van der Waals surface area contributed by atoms with Gasteiger partial charge < -0.3 is 19.6 Å². The van der Waals surface area contributed by atoms with Crippen molar-refractivity contribution in [2.45, 2.75) is 19.3 Å². The lowest BCUT2D eigenvalue weighted by atomic mass is 10.0. The normalized spacial score (nSPS) is 16.4. The number of phenolic OH excluding ortho intramolecular Hbond substituents is 1. The fraction of sp³-hybridized carbons (Fsp3) is 0.355. The van der Waals surface area contributed by atoms with E-state index in [4.69, 9.17) is 19.7 Å². The van der Waals surface area contributed by atoms with E-state index in [2.05, 4.69) is 16.4 Å². The third kappa shape index (κ3) is 5.42. The first kappa shape index (κ1) is 26.0. The summed E-state index contributed by atoms with van der Waals surface area (Å²) in [5, 5.41) is 13.2. The van der Waals surface area contributed by atoms with Crippen LogP contribution in [0.25, 0.3) is 32.9 Å². The maximum absolute atomic E-state index is 12.1. The molecule has 2 aromatic heterocycles. The smallest absolute Gasteiger partial charge is 0.318 e. The van der Waals surface area contributed by atoms with Crippen LogP contribution in [-0.2, 0) is 4.79 Å². The number of fused-ring (bicyclic) bond motifs is 2. The molecule has 206 valence electrons. The minimum Gasteiger partial charge on any atom is -0.508 e. The van der Waals surface area contributed by atoms with Crippen molar-refractivity contribution >= 4 is 33.4 Å². The maximum Gasteiger partial charge on any atom is 0.318 e. The van der Waals surface area contributed by atoms with Crippen LogP contribution in [0, 0.1) is 0 Å². The van der Waals surface area contributed by atoms with Gasteiger partial charge in [-0.15, -0.1) is 0 Å². The molecule has 0 saturated carbocycles. The van der Waals surface area contributed by atoms with Gasteiger partial charge in [-0.05, 0) is 61.0 Å². The summed E-state index contributed by atoms with van der Waals surface area (Å²) < 4.78 is 6.13. The molecule has 9 heteroatoms. The van der Waals surface area contributed by atoms with Gasteiger partial charge in [0, 0.05) is 44.5 Å². The number of benzene rings is 2. The van der Waals surface area contributed by atoms with Crippen LogP contribution >= 0.6 is 0 Å². The van der Waals surface area contributed by atoms with E-state index in [0.29, 0.717) is 44.5 Å². The monoisotopic (exact) mass is 538 g/mol. The fourth-order valence-electron chi connectivity index (χ4n) is 5.66. The first-order chi connectivity index (χ1) is 19.6. The molecule has 0 bridgehead atoms. The summed E-state index contributed by atoms with van der Waals surface area (Å²) in [6.45, 7) is 9.63. The standard InChI is InChI=1S/C31H34N6O3/c1-2-29(39)36-12-14-37(15-13-36)30-26-21-32-27(25-19-23(38)18-22-8-4-5-9-24(22)25)20-28(26)33-31(34-30)40-17-16-35-10-6-3-7-11-35/h2,4-5,8-9,18-21,38H,1,3,6-7,10-17H2. The van der Waals surface area contributed by atoms with Crippen molar-refractivity contribution < 1.29 is 14.6 Å². The van der Waals surface area contributed by atoms with Crippen LogP contribution in [0.2, 0.25) is 0 Å². The van der Waals surface area contributed by atoms with Gasteiger partial charge in [-0.3, -0.25) is 14.7 Å². The zero-order valence-corrected chi connectivity index (χ0v) is 22.6.